The highest BCUT2D eigenvalue weighted by Crippen LogP contribution is 2.31. The predicted molar refractivity (Wildman–Crippen MR) is 101 cm³/mol. The van der Waals surface area contributed by atoms with E-state index >= 15 is 0 Å². The summed E-state index contributed by atoms with van der Waals surface area (Å²) < 4.78 is 19.8. The van der Waals surface area contributed by atoms with E-state index < -0.39 is 17.2 Å². The van der Waals surface area contributed by atoms with Crippen LogP contribution in [0.3, 0.4) is 0 Å². The molecule has 0 aliphatic carbocycles. The first-order valence-electron chi connectivity index (χ1n) is 9.11. The van der Waals surface area contributed by atoms with Crippen molar-refractivity contribution in [3.63, 3.8) is 0 Å². The first-order chi connectivity index (χ1) is 12.1. The maximum Gasteiger partial charge on any atom is 0.335 e. The van der Waals surface area contributed by atoms with Crippen LogP contribution in [-0.2, 0) is 11.3 Å². The number of aromatic carboxylic acids is 1. The third kappa shape index (κ3) is 5.71. The fourth-order valence-electron chi connectivity index (χ4n) is 2.35. The van der Waals surface area contributed by atoms with Gasteiger partial charge in [0.1, 0.15) is 18.2 Å². The number of rotatable bonds is 1. The number of hydrogen-bond acceptors (Lipinski definition) is 3. The van der Waals surface area contributed by atoms with Crippen molar-refractivity contribution in [1.29, 1.82) is 0 Å². The highest BCUT2D eigenvalue weighted by Gasteiger charge is 2.34. The summed E-state index contributed by atoms with van der Waals surface area (Å²) >= 11 is 0. The number of hydrogen-bond donors (Lipinski definition) is 1. The van der Waals surface area contributed by atoms with Gasteiger partial charge in [-0.05, 0) is 19.1 Å². The summed E-state index contributed by atoms with van der Waals surface area (Å²) in [5, 5.41) is 8.99. The number of benzene rings is 1. The molecule has 6 heteroatoms. The maximum absolute atomic E-state index is 14.3. The number of nitrogens with zero attached hydrogens (tertiary/aromatic N) is 1. The Labute approximate surface area is 156 Å². The summed E-state index contributed by atoms with van der Waals surface area (Å²) in [7, 11) is 0. The number of halogens is 1. The average Bonchev–Trinajstić information content (AvgIpc) is 2.76. The molecule has 2 rings (SSSR count). The molecule has 1 unspecified atom stereocenters. The van der Waals surface area contributed by atoms with Crippen LogP contribution >= 0.6 is 0 Å². The van der Waals surface area contributed by atoms with Crippen LogP contribution in [0.15, 0.2) is 12.1 Å². The summed E-state index contributed by atoms with van der Waals surface area (Å²) in [5.41, 5.74) is -0.539. The molecule has 1 atom stereocenters. The number of carbonyl (C=O) groups is 2. The molecular weight excluding hydrogens is 337 g/mol. The molecule has 0 bridgehead atoms. The standard InChI is InChI=1S/C16H20FNO4.2C2H6/c1-9-8-22-13-6-10(14(19)20)5-12(17)11(13)7-18(9)15(21)16(2,3)4;2*1-2/h5-6,9H,7-8H2,1-4H3,(H,19,20);2*1-2H3. The molecule has 0 saturated heterocycles. The monoisotopic (exact) mass is 369 g/mol. The van der Waals surface area contributed by atoms with Gasteiger partial charge in [-0.2, -0.15) is 0 Å². The molecule has 26 heavy (non-hydrogen) atoms. The summed E-state index contributed by atoms with van der Waals surface area (Å²) in [6, 6.07) is 2.03. The van der Waals surface area contributed by atoms with E-state index in [0.717, 1.165) is 6.07 Å². The second kappa shape index (κ2) is 10.1. The van der Waals surface area contributed by atoms with E-state index in [9.17, 15) is 14.0 Å². The maximum atomic E-state index is 14.3. The Morgan fingerprint density at radius 2 is 1.73 bits per heavy atom. The van der Waals surface area contributed by atoms with Gasteiger partial charge in [-0.15, -0.1) is 0 Å². The molecule has 1 aliphatic heterocycles. The first-order valence-corrected chi connectivity index (χ1v) is 9.11. The lowest BCUT2D eigenvalue weighted by molar-refractivity contribution is -0.142. The topological polar surface area (TPSA) is 66.8 Å². The van der Waals surface area contributed by atoms with E-state index in [2.05, 4.69) is 0 Å². The summed E-state index contributed by atoms with van der Waals surface area (Å²) in [5.74, 6) is -1.80. The van der Waals surface area contributed by atoms with Gasteiger partial charge in [0, 0.05) is 11.0 Å². The zero-order valence-corrected chi connectivity index (χ0v) is 17.1. The molecule has 1 aromatic rings. The SMILES string of the molecule is CC.CC.CC1COc2cc(C(=O)O)cc(F)c2CN1C(=O)C(C)(C)C. The van der Waals surface area contributed by atoms with Crippen LogP contribution in [0.1, 0.15) is 71.3 Å². The number of carboxylic acids is 1. The van der Waals surface area contributed by atoms with Crippen molar-refractivity contribution in [3.05, 3.63) is 29.1 Å². The van der Waals surface area contributed by atoms with Crippen molar-refractivity contribution in [3.8, 4) is 5.75 Å². The van der Waals surface area contributed by atoms with Crippen LogP contribution in [0.4, 0.5) is 4.39 Å². The fourth-order valence-corrected chi connectivity index (χ4v) is 2.35. The second-order valence-corrected chi connectivity index (χ2v) is 6.58. The van der Waals surface area contributed by atoms with E-state index in [0.29, 0.717) is 0 Å². The molecule has 1 N–H and O–H groups in total. The third-order valence-electron chi connectivity index (χ3n) is 3.64. The first kappa shape index (κ1) is 23.9. The van der Waals surface area contributed by atoms with Crippen molar-refractivity contribution >= 4 is 11.9 Å². The Morgan fingerprint density at radius 3 is 2.19 bits per heavy atom. The number of ether oxygens (including phenoxy) is 1. The molecule has 1 aromatic carbocycles. The minimum atomic E-state index is -1.22. The van der Waals surface area contributed by atoms with Crippen molar-refractivity contribution in [2.45, 2.75) is 68.0 Å². The van der Waals surface area contributed by atoms with E-state index in [-0.39, 0.29) is 42.0 Å². The minimum Gasteiger partial charge on any atom is -0.491 e. The van der Waals surface area contributed by atoms with Gasteiger partial charge in [-0.1, -0.05) is 48.5 Å². The molecule has 1 amide bonds. The van der Waals surface area contributed by atoms with E-state index in [1.54, 1.807) is 25.7 Å². The largest absolute Gasteiger partial charge is 0.491 e. The van der Waals surface area contributed by atoms with E-state index in [4.69, 9.17) is 9.84 Å². The Bertz CT molecular complexity index is 623. The van der Waals surface area contributed by atoms with Crippen LogP contribution in [0.25, 0.3) is 0 Å². The molecule has 0 saturated carbocycles. The van der Waals surface area contributed by atoms with Crippen molar-refractivity contribution in [1.82, 2.24) is 4.90 Å². The minimum absolute atomic E-state index is 0.0678. The molecule has 148 valence electrons. The van der Waals surface area contributed by atoms with Gasteiger partial charge in [0.15, 0.2) is 0 Å². The smallest absolute Gasteiger partial charge is 0.335 e. The van der Waals surface area contributed by atoms with Crippen molar-refractivity contribution < 1.29 is 23.8 Å². The van der Waals surface area contributed by atoms with Gasteiger partial charge < -0.3 is 14.7 Å². The average molecular weight is 369 g/mol. The summed E-state index contributed by atoms with van der Waals surface area (Å²) in [6.45, 7) is 15.5. The Kier molecular flexibility index (Phi) is 9.32. The summed E-state index contributed by atoms with van der Waals surface area (Å²) in [4.78, 5) is 25.1. The Hall–Kier alpha value is -2.11. The van der Waals surface area contributed by atoms with E-state index in [1.807, 2.05) is 34.6 Å². The lowest BCUT2D eigenvalue weighted by Gasteiger charge is -2.32. The van der Waals surface area contributed by atoms with Crippen molar-refractivity contribution in [2.24, 2.45) is 5.41 Å². The predicted octanol–water partition coefficient (Wildman–Crippen LogP) is 4.73. The van der Waals surface area contributed by atoms with E-state index in [1.165, 1.54) is 6.07 Å². The lowest BCUT2D eigenvalue weighted by Crippen LogP contribution is -2.45. The molecule has 0 radical (unpaired) electrons. The van der Waals surface area contributed by atoms with Gasteiger partial charge in [0.25, 0.3) is 0 Å². The van der Waals surface area contributed by atoms with Gasteiger partial charge in [0.05, 0.1) is 18.2 Å². The Balaban J connectivity index is 0.00000146. The normalized spacial score (nSPS) is 15.9. The Morgan fingerprint density at radius 1 is 1.19 bits per heavy atom. The van der Waals surface area contributed by atoms with Crippen LogP contribution in [0.2, 0.25) is 0 Å². The third-order valence-corrected chi connectivity index (χ3v) is 3.64. The molecule has 0 aromatic heterocycles. The number of amides is 1. The highest BCUT2D eigenvalue weighted by molar-refractivity contribution is 5.88. The number of carboxylic acid groups (broad SMARTS) is 1. The number of carbonyl (C=O) groups excluding carboxylic acids is 1. The van der Waals surface area contributed by atoms with Gasteiger partial charge in [0.2, 0.25) is 5.91 Å². The van der Waals surface area contributed by atoms with Crippen LogP contribution in [-0.4, -0.2) is 34.5 Å². The molecule has 1 aliphatic rings. The number of fused-ring (bicyclic) bond motifs is 1. The van der Waals surface area contributed by atoms with Gasteiger partial charge in [-0.3, -0.25) is 4.79 Å². The molecule has 1 heterocycles. The van der Waals surface area contributed by atoms with Crippen LogP contribution in [0.5, 0.6) is 5.75 Å². The van der Waals surface area contributed by atoms with Crippen LogP contribution < -0.4 is 4.74 Å². The molecule has 0 spiro atoms. The second-order valence-electron chi connectivity index (χ2n) is 6.58. The van der Waals surface area contributed by atoms with Crippen molar-refractivity contribution in [2.75, 3.05) is 6.61 Å². The molecule has 0 fully saturated rings. The van der Waals surface area contributed by atoms with Crippen LogP contribution in [0, 0.1) is 11.2 Å². The fraction of sp³-hybridized carbons (Fsp3) is 0.600. The summed E-state index contributed by atoms with van der Waals surface area (Å²) in [6.07, 6.45) is 0. The zero-order valence-electron chi connectivity index (χ0n) is 17.1. The zero-order chi connectivity index (χ0) is 20.7. The van der Waals surface area contributed by atoms with Gasteiger partial charge >= 0.3 is 5.97 Å². The quantitative estimate of drug-likeness (QED) is 0.777. The molecular formula is C20H32FNO4. The molecule has 5 nitrogen and oxygen atoms in total. The lowest BCUT2D eigenvalue weighted by atomic mass is 9.93. The van der Waals surface area contributed by atoms with Gasteiger partial charge in [-0.25, -0.2) is 9.18 Å². The highest BCUT2D eigenvalue weighted by atomic mass is 19.1.